The van der Waals surface area contributed by atoms with Gasteiger partial charge in [-0.1, -0.05) is 26.0 Å². The van der Waals surface area contributed by atoms with Crippen LogP contribution in [0.1, 0.15) is 13.8 Å². The normalized spacial score (nSPS) is 11.3. The lowest BCUT2D eigenvalue weighted by atomic mass is 10.2. The third-order valence-electron chi connectivity index (χ3n) is 5.85. The molecule has 2 aromatic heterocycles. The predicted molar refractivity (Wildman–Crippen MR) is 136 cm³/mol. The second-order valence-corrected chi connectivity index (χ2v) is 8.20. The SMILES string of the molecule is CCN(CC)CCn1c(NC(=O)Cn2c(-c3ccc(OC)cc3)n[nH]c2=S)nc2ccccc21. The minimum atomic E-state index is -0.230. The molecule has 10 heteroatoms. The first-order valence-corrected chi connectivity index (χ1v) is 11.7. The maximum absolute atomic E-state index is 13.1. The minimum Gasteiger partial charge on any atom is -0.497 e. The lowest BCUT2D eigenvalue weighted by Crippen LogP contribution is -2.28. The van der Waals surface area contributed by atoms with E-state index in [2.05, 4.69) is 43.8 Å². The van der Waals surface area contributed by atoms with Gasteiger partial charge in [0.1, 0.15) is 12.3 Å². The number of likely N-dealkylation sites (N-methyl/N-ethyl adjacent to an activating group) is 1. The maximum atomic E-state index is 13.1. The molecule has 0 saturated heterocycles. The molecule has 2 aromatic carbocycles. The maximum Gasteiger partial charge on any atom is 0.246 e. The van der Waals surface area contributed by atoms with E-state index in [9.17, 15) is 4.79 Å². The van der Waals surface area contributed by atoms with Crippen molar-refractivity contribution in [3.8, 4) is 17.1 Å². The van der Waals surface area contributed by atoms with Crippen LogP contribution in [0.3, 0.4) is 0 Å². The van der Waals surface area contributed by atoms with Gasteiger partial charge in [-0.3, -0.25) is 19.8 Å². The Bertz CT molecular complexity index is 1320. The van der Waals surface area contributed by atoms with Crippen LogP contribution in [-0.4, -0.2) is 61.9 Å². The summed E-state index contributed by atoms with van der Waals surface area (Å²) in [5.74, 6) is 1.62. The quantitative estimate of drug-likeness (QED) is 0.335. The lowest BCUT2D eigenvalue weighted by Gasteiger charge is -2.19. The number of hydrogen-bond donors (Lipinski definition) is 2. The molecule has 0 radical (unpaired) electrons. The summed E-state index contributed by atoms with van der Waals surface area (Å²) < 4.78 is 9.33. The molecule has 178 valence electrons. The van der Waals surface area contributed by atoms with E-state index < -0.39 is 0 Å². The Balaban J connectivity index is 1.57. The molecular weight excluding hydrogens is 450 g/mol. The fourth-order valence-corrected chi connectivity index (χ4v) is 4.11. The Labute approximate surface area is 203 Å². The largest absolute Gasteiger partial charge is 0.497 e. The molecule has 0 bridgehead atoms. The van der Waals surface area contributed by atoms with E-state index in [1.54, 1.807) is 11.7 Å². The van der Waals surface area contributed by atoms with Gasteiger partial charge in [0, 0.05) is 18.7 Å². The van der Waals surface area contributed by atoms with Crippen LogP contribution in [0.2, 0.25) is 0 Å². The van der Waals surface area contributed by atoms with Crippen molar-refractivity contribution in [2.24, 2.45) is 0 Å². The fraction of sp³-hybridized carbons (Fsp3) is 0.333. The van der Waals surface area contributed by atoms with Crippen molar-refractivity contribution in [1.82, 2.24) is 29.2 Å². The van der Waals surface area contributed by atoms with E-state index in [0.29, 0.717) is 16.5 Å². The smallest absolute Gasteiger partial charge is 0.246 e. The zero-order chi connectivity index (χ0) is 24.1. The summed E-state index contributed by atoms with van der Waals surface area (Å²) in [6.07, 6.45) is 0. The number of nitrogens with one attached hydrogen (secondary N) is 2. The molecule has 0 aliphatic heterocycles. The van der Waals surface area contributed by atoms with Gasteiger partial charge in [-0.05, 0) is 61.7 Å². The first kappa shape index (κ1) is 23.7. The van der Waals surface area contributed by atoms with Crippen LogP contribution in [-0.2, 0) is 17.9 Å². The Morgan fingerprint density at radius 3 is 2.56 bits per heavy atom. The fourth-order valence-electron chi connectivity index (χ4n) is 3.91. The summed E-state index contributed by atoms with van der Waals surface area (Å²) in [6, 6.07) is 15.3. The van der Waals surface area contributed by atoms with Crippen LogP contribution in [0, 0.1) is 4.77 Å². The highest BCUT2D eigenvalue weighted by atomic mass is 32.1. The molecule has 0 unspecified atom stereocenters. The number of imidazole rings is 1. The molecule has 0 aliphatic carbocycles. The van der Waals surface area contributed by atoms with Crippen LogP contribution >= 0.6 is 12.2 Å². The number of methoxy groups -OCH3 is 1. The topological polar surface area (TPSA) is 93.0 Å². The van der Waals surface area contributed by atoms with E-state index in [4.69, 9.17) is 17.0 Å². The van der Waals surface area contributed by atoms with Crippen molar-refractivity contribution >= 4 is 35.1 Å². The predicted octanol–water partition coefficient (Wildman–Crippen LogP) is 3.95. The Hall–Kier alpha value is -3.50. The minimum absolute atomic E-state index is 0.00987. The summed E-state index contributed by atoms with van der Waals surface area (Å²) in [4.78, 5) is 20.1. The highest BCUT2D eigenvalue weighted by Crippen LogP contribution is 2.22. The van der Waals surface area contributed by atoms with E-state index >= 15 is 0 Å². The standard InChI is InChI=1S/C24H29N7O2S/c1-4-29(5-2)14-15-30-20-9-7-6-8-19(20)25-23(30)26-21(32)16-31-22(27-28-24(31)34)17-10-12-18(33-3)13-11-17/h6-13H,4-5,14-16H2,1-3H3,(H,28,34)(H,25,26,32). The molecule has 34 heavy (non-hydrogen) atoms. The van der Waals surface area contributed by atoms with Crippen LogP contribution < -0.4 is 10.1 Å². The summed E-state index contributed by atoms with van der Waals surface area (Å²) >= 11 is 5.39. The van der Waals surface area contributed by atoms with Crippen LogP contribution in [0.15, 0.2) is 48.5 Å². The molecular formula is C24H29N7O2S. The number of fused-ring (bicyclic) bond motifs is 1. The molecule has 0 aliphatic rings. The second kappa shape index (κ2) is 10.6. The van der Waals surface area contributed by atoms with E-state index in [-0.39, 0.29) is 12.5 Å². The second-order valence-electron chi connectivity index (χ2n) is 7.82. The molecule has 4 aromatic rings. The average molecular weight is 480 g/mol. The molecule has 2 N–H and O–H groups in total. The van der Waals surface area contributed by atoms with Crippen molar-refractivity contribution in [1.29, 1.82) is 0 Å². The molecule has 1 amide bonds. The molecule has 4 rings (SSSR count). The Morgan fingerprint density at radius 2 is 1.85 bits per heavy atom. The van der Waals surface area contributed by atoms with Crippen LogP contribution in [0.5, 0.6) is 5.75 Å². The number of benzene rings is 2. The van der Waals surface area contributed by atoms with Crippen molar-refractivity contribution in [3.05, 3.63) is 53.3 Å². The van der Waals surface area contributed by atoms with Crippen molar-refractivity contribution in [2.45, 2.75) is 26.9 Å². The summed E-state index contributed by atoms with van der Waals surface area (Å²) in [7, 11) is 1.62. The van der Waals surface area contributed by atoms with E-state index in [1.165, 1.54) is 0 Å². The molecule has 0 spiro atoms. The molecule has 2 heterocycles. The van der Waals surface area contributed by atoms with Gasteiger partial charge < -0.3 is 14.2 Å². The first-order valence-electron chi connectivity index (χ1n) is 11.3. The van der Waals surface area contributed by atoms with Gasteiger partial charge in [0.05, 0.1) is 18.1 Å². The Morgan fingerprint density at radius 1 is 1.12 bits per heavy atom. The van der Waals surface area contributed by atoms with Gasteiger partial charge in [-0.15, -0.1) is 0 Å². The number of ether oxygens (including phenoxy) is 1. The van der Waals surface area contributed by atoms with Gasteiger partial charge in [-0.25, -0.2) is 4.98 Å². The number of carbonyl (C=O) groups is 1. The number of carbonyl (C=O) groups excluding carboxylic acids is 1. The molecule has 9 nitrogen and oxygen atoms in total. The molecule has 0 fully saturated rings. The number of H-pyrrole nitrogens is 1. The summed E-state index contributed by atoms with van der Waals surface area (Å²) in [6.45, 7) is 7.83. The van der Waals surface area contributed by atoms with Crippen molar-refractivity contribution in [3.63, 3.8) is 0 Å². The van der Waals surface area contributed by atoms with Crippen LogP contribution in [0.4, 0.5) is 5.95 Å². The molecule has 0 atom stereocenters. The highest BCUT2D eigenvalue weighted by molar-refractivity contribution is 7.71. The number of amides is 1. The van der Waals surface area contributed by atoms with Crippen LogP contribution in [0.25, 0.3) is 22.4 Å². The lowest BCUT2D eigenvalue weighted by molar-refractivity contribution is -0.116. The number of rotatable bonds is 10. The first-order chi connectivity index (χ1) is 16.5. The van der Waals surface area contributed by atoms with Gasteiger partial charge in [0.15, 0.2) is 10.6 Å². The highest BCUT2D eigenvalue weighted by Gasteiger charge is 2.17. The zero-order valence-electron chi connectivity index (χ0n) is 19.6. The van der Waals surface area contributed by atoms with E-state index in [1.807, 2.05) is 48.5 Å². The van der Waals surface area contributed by atoms with Gasteiger partial charge >= 0.3 is 0 Å². The number of aromatic nitrogens is 5. The number of hydrogen-bond acceptors (Lipinski definition) is 6. The van der Waals surface area contributed by atoms with Crippen molar-refractivity contribution in [2.75, 3.05) is 32.1 Å². The number of nitrogens with zero attached hydrogens (tertiary/aromatic N) is 5. The third kappa shape index (κ3) is 5.02. The summed E-state index contributed by atoms with van der Waals surface area (Å²) in [5, 5.41) is 10.1. The van der Waals surface area contributed by atoms with Gasteiger partial charge in [0.25, 0.3) is 0 Å². The van der Waals surface area contributed by atoms with Gasteiger partial charge in [0.2, 0.25) is 11.9 Å². The Kier molecular flexibility index (Phi) is 7.39. The summed E-state index contributed by atoms with van der Waals surface area (Å²) in [5.41, 5.74) is 2.66. The number of anilines is 1. The van der Waals surface area contributed by atoms with Gasteiger partial charge in [-0.2, -0.15) is 5.10 Å². The average Bonchev–Trinajstić information content (AvgIpc) is 3.39. The van der Waals surface area contributed by atoms with E-state index in [0.717, 1.165) is 48.5 Å². The number of para-hydroxylation sites is 2. The monoisotopic (exact) mass is 479 g/mol. The van der Waals surface area contributed by atoms with Crippen molar-refractivity contribution < 1.29 is 9.53 Å². The molecule has 0 saturated carbocycles. The zero-order valence-corrected chi connectivity index (χ0v) is 20.4. The number of aromatic amines is 1. The third-order valence-corrected chi connectivity index (χ3v) is 6.16.